The largest absolute Gasteiger partial charge is 0.258 e. The van der Waals surface area contributed by atoms with Gasteiger partial charge in [0, 0.05) is 12.1 Å². The highest BCUT2D eigenvalue weighted by atomic mass is 19.1. The lowest BCUT2D eigenvalue weighted by Gasteiger charge is -2.07. The molecule has 0 radical (unpaired) electrons. The minimum Gasteiger partial charge on any atom is -0.258 e. The van der Waals surface area contributed by atoms with Crippen LogP contribution in [0.2, 0.25) is 0 Å². The minimum atomic E-state index is -0.193. The molecule has 0 aliphatic rings. The molecule has 0 aliphatic carbocycles. The van der Waals surface area contributed by atoms with Gasteiger partial charge in [0.2, 0.25) is 0 Å². The van der Waals surface area contributed by atoms with E-state index in [1.165, 1.54) is 6.07 Å². The molecule has 0 aliphatic heterocycles. The molecular weight excluding hydrogens is 141 g/mol. The van der Waals surface area contributed by atoms with Crippen LogP contribution in [0.1, 0.15) is 31.9 Å². The van der Waals surface area contributed by atoms with Crippen LogP contribution in [0.25, 0.3) is 0 Å². The highest BCUT2D eigenvalue weighted by Gasteiger charge is 2.08. The number of aromatic nitrogens is 1. The van der Waals surface area contributed by atoms with E-state index in [1.807, 2.05) is 13.8 Å². The lowest BCUT2D eigenvalue weighted by Crippen LogP contribution is -1.98. The van der Waals surface area contributed by atoms with E-state index in [0.29, 0.717) is 5.69 Å². The van der Waals surface area contributed by atoms with Gasteiger partial charge in [-0.2, -0.15) is 0 Å². The van der Waals surface area contributed by atoms with Crippen LogP contribution < -0.4 is 0 Å². The second-order valence-corrected chi connectivity index (χ2v) is 2.68. The Morgan fingerprint density at radius 1 is 1.64 bits per heavy atom. The van der Waals surface area contributed by atoms with E-state index in [2.05, 4.69) is 4.98 Å². The maximum atomic E-state index is 13.0. The van der Waals surface area contributed by atoms with E-state index in [1.54, 1.807) is 12.3 Å². The van der Waals surface area contributed by atoms with Gasteiger partial charge in [-0.15, -0.1) is 0 Å². The maximum absolute atomic E-state index is 13.0. The molecule has 0 saturated carbocycles. The Morgan fingerprint density at radius 3 is 2.91 bits per heavy atom. The Kier molecular flexibility index (Phi) is 2.58. The van der Waals surface area contributed by atoms with Crippen LogP contribution in [0.4, 0.5) is 4.39 Å². The van der Waals surface area contributed by atoms with E-state index in [-0.39, 0.29) is 11.7 Å². The molecule has 1 rings (SSSR count). The van der Waals surface area contributed by atoms with Crippen molar-refractivity contribution in [2.75, 3.05) is 0 Å². The molecule has 1 atom stereocenters. The lowest BCUT2D eigenvalue weighted by atomic mass is 10.0. The monoisotopic (exact) mass is 153 g/mol. The van der Waals surface area contributed by atoms with Gasteiger partial charge in [0.15, 0.2) is 0 Å². The summed E-state index contributed by atoms with van der Waals surface area (Å²) in [6, 6.07) is 3.07. The fourth-order valence-electron chi connectivity index (χ4n) is 0.954. The third-order valence-corrected chi connectivity index (χ3v) is 1.87. The van der Waals surface area contributed by atoms with Crippen molar-refractivity contribution in [3.8, 4) is 0 Å². The predicted molar refractivity (Wildman–Crippen MR) is 42.9 cm³/mol. The van der Waals surface area contributed by atoms with Crippen LogP contribution in [-0.2, 0) is 0 Å². The Morgan fingerprint density at radius 2 is 2.36 bits per heavy atom. The zero-order chi connectivity index (χ0) is 8.27. The van der Waals surface area contributed by atoms with Gasteiger partial charge in [0.05, 0.1) is 5.69 Å². The Balaban J connectivity index is 2.93. The molecule has 0 amide bonds. The van der Waals surface area contributed by atoms with E-state index >= 15 is 0 Å². The number of rotatable bonds is 2. The normalized spacial score (nSPS) is 13.0. The molecule has 60 valence electrons. The van der Waals surface area contributed by atoms with Crippen LogP contribution in [0, 0.1) is 5.82 Å². The van der Waals surface area contributed by atoms with E-state index in [4.69, 9.17) is 0 Å². The van der Waals surface area contributed by atoms with Crippen molar-refractivity contribution in [1.82, 2.24) is 4.98 Å². The molecule has 1 heterocycles. The molecule has 0 aromatic carbocycles. The Bertz CT molecular complexity index is 235. The molecule has 0 bridgehead atoms. The summed E-state index contributed by atoms with van der Waals surface area (Å²) in [6.45, 7) is 4.00. The van der Waals surface area contributed by atoms with Gasteiger partial charge in [-0.3, -0.25) is 4.98 Å². The first-order chi connectivity index (χ1) is 5.25. The molecule has 2 heteroatoms. The van der Waals surface area contributed by atoms with E-state index in [9.17, 15) is 4.39 Å². The molecule has 1 aromatic heterocycles. The molecule has 0 spiro atoms. The summed E-state index contributed by atoms with van der Waals surface area (Å²) in [6.07, 6.45) is 2.55. The van der Waals surface area contributed by atoms with Gasteiger partial charge >= 0.3 is 0 Å². The number of pyridine rings is 1. The number of halogens is 1. The van der Waals surface area contributed by atoms with Crippen LogP contribution in [0.5, 0.6) is 0 Å². The Labute approximate surface area is 66.3 Å². The van der Waals surface area contributed by atoms with Crippen molar-refractivity contribution in [3.05, 3.63) is 29.8 Å². The lowest BCUT2D eigenvalue weighted by molar-refractivity contribution is 0.568. The fourth-order valence-corrected chi connectivity index (χ4v) is 0.954. The molecule has 0 unspecified atom stereocenters. The first kappa shape index (κ1) is 8.18. The summed E-state index contributed by atoms with van der Waals surface area (Å²) < 4.78 is 13.0. The SMILES string of the molecule is CC[C@@H](C)c1ncccc1F. The quantitative estimate of drug-likeness (QED) is 0.636. The fraction of sp³-hybridized carbons (Fsp3) is 0.444. The zero-order valence-corrected chi connectivity index (χ0v) is 6.84. The van der Waals surface area contributed by atoms with Gasteiger partial charge in [0.25, 0.3) is 0 Å². The maximum Gasteiger partial charge on any atom is 0.144 e. The van der Waals surface area contributed by atoms with E-state index in [0.717, 1.165) is 6.42 Å². The average Bonchev–Trinajstić information content (AvgIpc) is 2.04. The molecule has 0 N–H and O–H groups in total. The van der Waals surface area contributed by atoms with Crippen molar-refractivity contribution in [2.24, 2.45) is 0 Å². The van der Waals surface area contributed by atoms with Crippen LogP contribution >= 0.6 is 0 Å². The summed E-state index contributed by atoms with van der Waals surface area (Å²) in [5, 5.41) is 0. The summed E-state index contributed by atoms with van der Waals surface area (Å²) in [5.41, 5.74) is 0.579. The molecule has 11 heavy (non-hydrogen) atoms. The summed E-state index contributed by atoms with van der Waals surface area (Å²) in [7, 11) is 0. The summed E-state index contributed by atoms with van der Waals surface area (Å²) in [4.78, 5) is 3.97. The van der Waals surface area contributed by atoms with Gasteiger partial charge in [-0.25, -0.2) is 4.39 Å². The zero-order valence-electron chi connectivity index (χ0n) is 6.84. The average molecular weight is 153 g/mol. The first-order valence-corrected chi connectivity index (χ1v) is 3.86. The third kappa shape index (κ3) is 1.76. The van der Waals surface area contributed by atoms with Crippen molar-refractivity contribution < 1.29 is 4.39 Å². The summed E-state index contributed by atoms with van der Waals surface area (Å²) >= 11 is 0. The number of nitrogens with zero attached hydrogens (tertiary/aromatic N) is 1. The van der Waals surface area contributed by atoms with Gasteiger partial charge in [0.1, 0.15) is 5.82 Å². The molecule has 0 saturated heterocycles. The van der Waals surface area contributed by atoms with E-state index < -0.39 is 0 Å². The minimum absolute atomic E-state index is 0.193. The smallest absolute Gasteiger partial charge is 0.144 e. The topological polar surface area (TPSA) is 12.9 Å². The van der Waals surface area contributed by atoms with Crippen molar-refractivity contribution in [1.29, 1.82) is 0 Å². The first-order valence-electron chi connectivity index (χ1n) is 3.86. The molecule has 0 fully saturated rings. The van der Waals surface area contributed by atoms with Crippen LogP contribution in [-0.4, -0.2) is 4.98 Å². The molecular formula is C9H12FN. The van der Waals surface area contributed by atoms with Crippen molar-refractivity contribution >= 4 is 0 Å². The summed E-state index contributed by atoms with van der Waals surface area (Å²) in [5.74, 6) is 0.0260. The van der Waals surface area contributed by atoms with Gasteiger partial charge < -0.3 is 0 Å². The molecule has 1 nitrogen and oxygen atoms in total. The van der Waals surface area contributed by atoms with Crippen LogP contribution in [0.15, 0.2) is 18.3 Å². The van der Waals surface area contributed by atoms with Crippen molar-refractivity contribution in [2.45, 2.75) is 26.2 Å². The van der Waals surface area contributed by atoms with Crippen molar-refractivity contribution in [3.63, 3.8) is 0 Å². The highest BCUT2D eigenvalue weighted by Crippen LogP contribution is 2.18. The van der Waals surface area contributed by atoms with Gasteiger partial charge in [-0.1, -0.05) is 13.8 Å². The number of hydrogen-bond donors (Lipinski definition) is 0. The predicted octanol–water partition coefficient (Wildman–Crippen LogP) is 2.73. The Hall–Kier alpha value is -0.920. The van der Waals surface area contributed by atoms with Gasteiger partial charge in [-0.05, 0) is 18.6 Å². The molecule has 1 aromatic rings. The second kappa shape index (κ2) is 3.46. The van der Waals surface area contributed by atoms with Crippen LogP contribution in [0.3, 0.4) is 0 Å². The highest BCUT2D eigenvalue weighted by molar-refractivity contribution is 5.10. The second-order valence-electron chi connectivity index (χ2n) is 2.68. The third-order valence-electron chi connectivity index (χ3n) is 1.87. The standard InChI is InChI=1S/C9H12FN/c1-3-7(2)9-8(10)5-4-6-11-9/h4-7H,3H2,1-2H3/t7-/m1/s1. The number of hydrogen-bond acceptors (Lipinski definition) is 1.